The molecule has 1 heterocycles. The van der Waals surface area contributed by atoms with Crippen molar-refractivity contribution in [3.05, 3.63) is 52.7 Å². The summed E-state index contributed by atoms with van der Waals surface area (Å²) in [6.07, 6.45) is 2.53. The Hall–Kier alpha value is -1.81. The van der Waals surface area contributed by atoms with E-state index in [1.807, 2.05) is 19.9 Å². The summed E-state index contributed by atoms with van der Waals surface area (Å²) in [4.78, 5) is 0. The maximum Gasteiger partial charge on any atom is 0.123 e. The number of halogens is 1. The maximum atomic E-state index is 13.1. The van der Waals surface area contributed by atoms with Crippen LogP contribution in [-0.4, -0.2) is 6.04 Å². The standard InChI is InChI=1S/C17H20FNO2/c1-11-7-14(18)3-6-17(11)20-10-13-8-16(21-12(13)2)9-19-15-4-5-15/h3,6-8,15,19H,4-5,9-10H2,1-2H3. The van der Waals surface area contributed by atoms with Crippen molar-refractivity contribution in [1.82, 2.24) is 5.32 Å². The average Bonchev–Trinajstić information content (AvgIpc) is 3.20. The summed E-state index contributed by atoms with van der Waals surface area (Å²) in [6, 6.07) is 7.24. The molecule has 0 bridgehead atoms. The van der Waals surface area contributed by atoms with E-state index in [4.69, 9.17) is 9.15 Å². The highest BCUT2D eigenvalue weighted by atomic mass is 19.1. The van der Waals surface area contributed by atoms with Crippen molar-refractivity contribution in [2.75, 3.05) is 0 Å². The predicted molar refractivity (Wildman–Crippen MR) is 78.8 cm³/mol. The van der Waals surface area contributed by atoms with E-state index < -0.39 is 0 Å². The normalized spacial score (nSPS) is 14.4. The number of hydrogen-bond acceptors (Lipinski definition) is 3. The van der Waals surface area contributed by atoms with Gasteiger partial charge in [-0.15, -0.1) is 0 Å². The van der Waals surface area contributed by atoms with Gasteiger partial charge in [0.15, 0.2) is 0 Å². The molecule has 0 atom stereocenters. The van der Waals surface area contributed by atoms with Gasteiger partial charge >= 0.3 is 0 Å². The fourth-order valence-electron chi connectivity index (χ4n) is 2.28. The number of nitrogens with one attached hydrogen (secondary N) is 1. The molecule has 21 heavy (non-hydrogen) atoms. The maximum absolute atomic E-state index is 13.1. The second kappa shape index (κ2) is 5.90. The average molecular weight is 289 g/mol. The van der Waals surface area contributed by atoms with Crippen molar-refractivity contribution in [2.24, 2.45) is 0 Å². The van der Waals surface area contributed by atoms with Crippen molar-refractivity contribution in [3.63, 3.8) is 0 Å². The largest absolute Gasteiger partial charge is 0.489 e. The first-order valence-corrected chi connectivity index (χ1v) is 7.32. The van der Waals surface area contributed by atoms with Gasteiger partial charge in [-0.1, -0.05) is 0 Å². The number of rotatable bonds is 6. The summed E-state index contributed by atoms with van der Waals surface area (Å²) in [5, 5.41) is 3.43. The number of furan rings is 1. The second-order valence-corrected chi connectivity index (χ2v) is 5.65. The Morgan fingerprint density at radius 1 is 1.29 bits per heavy atom. The lowest BCUT2D eigenvalue weighted by molar-refractivity contribution is 0.300. The van der Waals surface area contributed by atoms with E-state index in [9.17, 15) is 4.39 Å². The number of hydrogen-bond donors (Lipinski definition) is 1. The topological polar surface area (TPSA) is 34.4 Å². The smallest absolute Gasteiger partial charge is 0.123 e. The molecule has 4 heteroatoms. The van der Waals surface area contributed by atoms with Crippen molar-refractivity contribution in [2.45, 2.75) is 45.9 Å². The molecule has 1 aliphatic rings. The quantitative estimate of drug-likeness (QED) is 0.876. The van der Waals surface area contributed by atoms with Crippen LogP contribution < -0.4 is 10.1 Å². The van der Waals surface area contributed by atoms with Crippen LogP contribution >= 0.6 is 0 Å². The lowest BCUT2D eigenvalue weighted by Gasteiger charge is -2.08. The van der Waals surface area contributed by atoms with E-state index in [1.54, 1.807) is 6.07 Å². The van der Waals surface area contributed by atoms with Crippen LogP contribution in [0, 0.1) is 19.7 Å². The Morgan fingerprint density at radius 3 is 2.81 bits per heavy atom. The molecule has 0 aliphatic heterocycles. The first-order valence-electron chi connectivity index (χ1n) is 7.32. The van der Waals surface area contributed by atoms with Gasteiger partial charge in [-0.05, 0) is 56.5 Å². The Balaban J connectivity index is 1.61. The summed E-state index contributed by atoms with van der Waals surface area (Å²) in [5.41, 5.74) is 1.83. The third-order valence-electron chi connectivity index (χ3n) is 3.73. The fourth-order valence-corrected chi connectivity index (χ4v) is 2.28. The van der Waals surface area contributed by atoms with Gasteiger partial charge in [0.25, 0.3) is 0 Å². The molecule has 3 rings (SSSR count). The lowest BCUT2D eigenvalue weighted by Crippen LogP contribution is -2.14. The predicted octanol–water partition coefficient (Wildman–Crippen LogP) is 3.87. The number of ether oxygens (including phenoxy) is 1. The molecule has 2 aromatic rings. The molecule has 1 aromatic carbocycles. The molecule has 1 fully saturated rings. The first-order chi connectivity index (χ1) is 10.1. The minimum atomic E-state index is -0.243. The second-order valence-electron chi connectivity index (χ2n) is 5.65. The summed E-state index contributed by atoms with van der Waals surface area (Å²) in [5.74, 6) is 2.28. The molecule has 0 saturated heterocycles. The van der Waals surface area contributed by atoms with E-state index in [0.29, 0.717) is 18.4 Å². The molecule has 3 nitrogen and oxygen atoms in total. The fraction of sp³-hybridized carbons (Fsp3) is 0.412. The van der Waals surface area contributed by atoms with E-state index in [1.165, 1.54) is 25.0 Å². The Bertz CT molecular complexity index is 632. The van der Waals surface area contributed by atoms with Gasteiger partial charge in [0, 0.05) is 11.6 Å². The molecule has 0 unspecified atom stereocenters. The van der Waals surface area contributed by atoms with Crippen LogP contribution in [0.25, 0.3) is 0 Å². The highest BCUT2D eigenvalue weighted by Crippen LogP contribution is 2.23. The molecule has 1 N–H and O–H groups in total. The molecule has 1 saturated carbocycles. The van der Waals surface area contributed by atoms with Gasteiger partial charge in [-0.2, -0.15) is 0 Å². The molecule has 112 valence electrons. The zero-order valence-electron chi connectivity index (χ0n) is 12.4. The van der Waals surface area contributed by atoms with Crippen LogP contribution in [0.4, 0.5) is 4.39 Å². The van der Waals surface area contributed by atoms with Crippen LogP contribution in [0.5, 0.6) is 5.75 Å². The van der Waals surface area contributed by atoms with Gasteiger partial charge in [0.1, 0.15) is 29.7 Å². The molecule has 0 radical (unpaired) electrons. The van der Waals surface area contributed by atoms with Crippen molar-refractivity contribution in [3.8, 4) is 5.75 Å². The molecule has 0 spiro atoms. The minimum absolute atomic E-state index is 0.243. The van der Waals surface area contributed by atoms with Crippen LogP contribution in [-0.2, 0) is 13.2 Å². The zero-order valence-corrected chi connectivity index (χ0v) is 12.4. The van der Waals surface area contributed by atoms with E-state index in [-0.39, 0.29) is 5.82 Å². The molecule has 1 aliphatic carbocycles. The first kappa shape index (κ1) is 14.1. The SMILES string of the molecule is Cc1cc(F)ccc1OCc1cc(CNC2CC2)oc1C. The van der Waals surface area contributed by atoms with E-state index in [0.717, 1.165) is 29.2 Å². The third kappa shape index (κ3) is 3.64. The van der Waals surface area contributed by atoms with Crippen LogP contribution in [0.2, 0.25) is 0 Å². The lowest BCUT2D eigenvalue weighted by atomic mass is 10.2. The highest BCUT2D eigenvalue weighted by Gasteiger charge is 2.21. The third-order valence-corrected chi connectivity index (χ3v) is 3.73. The molecular formula is C17H20FNO2. The van der Waals surface area contributed by atoms with Crippen LogP contribution in [0.1, 0.15) is 35.5 Å². The Labute approximate surface area is 124 Å². The van der Waals surface area contributed by atoms with Gasteiger partial charge in [0.05, 0.1) is 6.54 Å². The van der Waals surface area contributed by atoms with Crippen LogP contribution in [0.3, 0.4) is 0 Å². The van der Waals surface area contributed by atoms with E-state index >= 15 is 0 Å². The van der Waals surface area contributed by atoms with Crippen LogP contribution in [0.15, 0.2) is 28.7 Å². The summed E-state index contributed by atoms with van der Waals surface area (Å²) >= 11 is 0. The van der Waals surface area contributed by atoms with Gasteiger partial charge < -0.3 is 14.5 Å². The van der Waals surface area contributed by atoms with Crippen molar-refractivity contribution in [1.29, 1.82) is 0 Å². The van der Waals surface area contributed by atoms with E-state index in [2.05, 4.69) is 5.32 Å². The summed E-state index contributed by atoms with van der Waals surface area (Å²) in [6.45, 7) is 4.98. The van der Waals surface area contributed by atoms with Gasteiger partial charge in [-0.3, -0.25) is 0 Å². The molecule has 0 amide bonds. The van der Waals surface area contributed by atoms with Gasteiger partial charge in [0.2, 0.25) is 0 Å². The summed E-state index contributed by atoms with van der Waals surface area (Å²) in [7, 11) is 0. The summed E-state index contributed by atoms with van der Waals surface area (Å²) < 4.78 is 24.5. The molecular weight excluding hydrogens is 269 g/mol. The highest BCUT2D eigenvalue weighted by molar-refractivity contribution is 5.33. The zero-order chi connectivity index (χ0) is 14.8. The van der Waals surface area contributed by atoms with Gasteiger partial charge in [-0.25, -0.2) is 4.39 Å². The Morgan fingerprint density at radius 2 is 2.10 bits per heavy atom. The van der Waals surface area contributed by atoms with Crippen molar-refractivity contribution >= 4 is 0 Å². The monoisotopic (exact) mass is 289 g/mol. The number of benzene rings is 1. The minimum Gasteiger partial charge on any atom is -0.489 e. The molecule has 1 aromatic heterocycles. The number of aryl methyl sites for hydroxylation is 2. The van der Waals surface area contributed by atoms with Crippen molar-refractivity contribution < 1.29 is 13.5 Å². The Kier molecular flexibility index (Phi) is 3.97.